The van der Waals surface area contributed by atoms with Crippen LogP contribution in [0.2, 0.25) is 0 Å². The van der Waals surface area contributed by atoms with Crippen LogP contribution in [0.3, 0.4) is 0 Å². The van der Waals surface area contributed by atoms with Crippen molar-refractivity contribution in [1.82, 2.24) is 0 Å². The van der Waals surface area contributed by atoms with Crippen LogP contribution in [0.1, 0.15) is 24.8 Å². The molecule has 1 aromatic rings. The highest BCUT2D eigenvalue weighted by Crippen LogP contribution is 2.69. The van der Waals surface area contributed by atoms with Gasteiger partial charge in [0.25, 0.3) is 0 Å². The molecule has 1 amide bonds. The van der Waals surface area contributed by atoms with E-state index in [1.165, 1.54) is 19.3 Å². The van der Waals surface area contributed by atoms with E-state index in [1.807, 2.05) is 0 Å². The Morgan fingerprint density at radius 3 is 2.29 bits per heavy atom. The van der Waals surface area contributed by atoms with E-state index in [-0.39, 0.29) is 18.2 Å². The molecule has 4 unspecified atom stereocenters. The van der Waals surface area contributed by atoms with Gasteiger partial charge in [0.1, 0.15) is 0 Å². The van der Waals surface area contributed by atoms with Crippen LogP contribution in [0.15, 0.2) is 24.3 Å². The Morgan fingerprint density at radius 2 is 1.71 bits per heavy atom. The number of carboxylic acid groups (broad SMARTS) is 1. The fourth-order valence-corrected chi connectivity index (χ4v) is 4.78. The maximum atomic E-state index is 12.4. The van der Waals surface area contributed by atoms with E-state index in [4.69, 9.17) is 5.11 Å². The second kappa shape index (κ2) is 4.58. The van der Waals surface area contributed by atoms with E-state index < -0.39 is 5.97 Å². The van der Waals surface area contributed by atoms with Crippen molar-refractivity contribution in [3.05, 3.63) is 29.8 Å². The summed E-state index contributed by atoms with van der Waals surface area (Å²) in [4.78, 5) is 23.0. The third-order valence-electron chi connectivity index (χ3n) is 5.61. The van der Waals surface area contributed by atoms with Crippen LogP contribution >= 0.6 is 0 Å². The van der Waals surface area contributed by atoms with Gasteiger partial charge >= 0.3 is 5.97 Å². The lowest BCUT2D eigenvalue weighted by molar-refractivity contribution is -0.136. The van der Waals surface area contributed by atoms with Gasteiger partial charge in [-0.15, -0.1) is 0 Å². The number of aliphatic carboxylic acids is 1. The fraction of sp³-hybridized carbons (Fsp3) is 0.529. The number of amides is 1. The lowest BCUT2D eigenvalue weighted by atomic mass is 10.0. The highest BCUT2D eigenvalue weighted by Gasteiger charge is 2.67. The Morgan fingerprint density at radius 1 is 1.10 bits per heavy atom. The standard InChI is InChI=1S/C17H19NO3/c19-13(20)7-9-1-5-12(6-2-9)18-17(21)16-14-10-3-4-11(8-10)15(14)16/h1-2,5-6,10-11,14-16H,3-4,7-8H2,(H,18,21)(H,19,20). The molecule has 4 rings (SSSR count). The van der Waals surface area contributed by atoms with E-state index >= 15 is 0 Å². The van der Waals surface area contributed by atoms with Crippen LogP contribution in [-0.2, 0) is 16.0 Å². The number of carbonyl (C=O) groups excluding carboxylic acids is 1. The molecule has 3 aliphatic rings. The number of carboxylic acids is 1. The van der Waals surface area contributed by atoms with E-state index in [0.717, 1.165) is 23.1 Å². The predicted octanol–water partition coefficient (Wildman–Crippen LogP) is 2.54. The Labute approximate surface area is 123 Å². The van der Waals surface area contributed by atoms with Gasteiger partial charge in [0, 0.05) is 11.6 Å². The molecule has 3 saturated carbocycles. The van der Waals surface area contributed by atoms with E-state index in [2.05, 4.69) is 5.32 Å². The topological polar surface area (TPSA) is 66.4 Å². The fourth-order valence-electron chi connectivity index (χ4n) is 4.78. The van der Waals surface area contributed by atoms with Crippen molar-refractivity contribution in [2.45, 2.75) is 25.7 Å². The Hall–Kier alpha value is -1.84. The van der Waals surface area contributed by atoms with Crippen molar-refractivity contribution >= 4 is 17.6 Å². The second-order valence-corrected chi connectivity index (χ2v) is 6.77. The minimum Gasteiger partial charge on any atom is -0.481 e. The number of fused-ring (bicyclic) bond motifs is 5. The highest BCUT2D eigenvalue weighted by molar-refractivity contribution is 5.95. The SMILES string of the molecule is O=C(O)Cc1ccc(NC(=O)C2C3C4CCC(C4)C23)cc1. The molecule has 4 heteroatoms. The van der Waals surface area contributed by atoms with Crippen molar-refractivity contribution in [3.63, 3.8) is 0 Å². The number of nitrogens with one attached hydrogen (secondary N) is 1. The Balaban J connectivity index is 1.38. The van der Waals surface area contributed by atoms with Gasteiger partial charge in [-0.25, -0.2) is 0 Å². The summed E-state index contributed by atoms with van der Waals surface area (Å²) >= 11 is 0. The van der Waals surface area contributed by atoms with Crippen LogP contribution in [0.4, 0.5) is 5.69 Å². The summed E-state index contributed by atoms with van der Waals surface area (Å²) in [5, 5.41) is 11.7. The molecule has 0 aromatic heterocycles. The third kappa shape index (κ3) is 2.13. The normalized spacial score (nSPS) is 35.3. The van der Waals surface area contributed by atoms with Gasteiger partial charge in [-0.3, -0.25) is 9.59 Å². The molecule has 2 bridgehead atoms. The number of hydrogen-bond donors (Lipinski definition) is 2. The molecular formula is C17H19NO3. The van der Waals surface area contributed by atoms with Crippen molar-refractivity contribution in [1.29, 1.82) is 0 Å². The second-order valence-electron chi connectivity index (χ2n) is 6.77. The molecule has 0 saturated heterocycles. The Kier molecular flexibility index (Phi) is 2.81. The van der Waals surface area contributed by atoms with E-state index in [0.29, 0.717) is 11.8 Å². The zero-order valence-electron chi connectivity index (χ0n) is 11.8. The molecule has 1 aromatic carbocycles. The molecule has 4 atom stereocenters. The van der Waals surface area contributed by atoms with Crippen LogP contribution in [0.5, 0.6) is 0 Å². The molecule has 2 N–H and O–H groups in total. The van der Waals surface area contributed by atoms with Gasteiger partial charge in [-0.1, -0.05) is 12.1 Å². The van der Waals surface area contributed by atoms with Crippen molar-refractivity contribution in [3.8, 4) is 0 Å². The summed E-state index contributed by atoms with van der Waals surface area (Å²) in [7, 11) is 0. The largest absolute Gasteiger partial charge is 0.481 e. The average Bonchev–Trinajstić information content (AvgIpc) is 2.89. The lowest BCUT2D eigenvalue weighted by Crippen LogP contribution is -2.18. The van der Waals surface area contributed by atoms with Crippen molar-refractivity contribution < 1.29 is 14.7 Å². The molecular weight excluding hydrogens is 266 g/mol. The quantitative estimate of drug-likeness (QED) is 0.893. The van der Waals surface area contributed by atoms with Gasteiger partial charge < -0.3 is 10.4 Å². The van der Waals surface area contributed by atoms with E-state index in [9.17, 15) is 9.59 Å². The lowest BCUT2D eigenvalue weighted by Gasteiger charge is -2.10. The minimum absolute atomic E-state index is 0.0182. The minimum atomic E-state index is -0.840. The Bertz CT molecular complexity index is 579. The number of carbonyl (C=O) groups is 2. The van der Waals surface area contributed by atoms with Gasteiger partial charge in [0.15, 0.2) is 0 Å². The number of hydrogen-bond acceptors (Lipinski definition) is 2. The monoisotopic (exact) mass is 285 g/mol. The summed E-state index contributed by atoms with van der Waals surface area (Å²) in [6.45, 7) is 0. The molecule has 0 aliphatic heterocycles. The maximum absolute atomic E-state index is 12.4. The molecule has 3 aliphatic carbocycles. The van der Waals surface area contributed by atoms with E-state index in [1.54, 1.807) is 24.3 Å². The average molecular weight is 285 g/mol. The maximum Gasteiger partial charge on any atom is 0.307 e. The first-order valence-corrected chi connectivity index (χ1v) is 7.75. The number of anilines is 1. The van der Waals surface area contributed by atoms with Crippen molar-refractivity contribution in [2.24, 2.45) is 29.6 Å². The molecule has 3 fully saturated rings. The zero-order chi connectivity index (χ0) is 14.6. The number of benzene rings is 1. The summed E-state index contributed by atoms with van der Waals surface area (Å²) in [5.41, 5.74) is 1.52. The predicted molar refractivity (Wildman–Crippen MR) is 77.7 cm³/mol. The van der Waals surface area contributed by atoms with Crippen LogP contribution in [0, 0.1) is 29.6 Å². The smallest absolute Gasteiger partial charge is 0.307 e. The summed E-state index contributed by atoms with van der Waals surface area (Å²) in [6.07, 6.45) is 4.01. The number of rotatable bonds is 4. The van der Waals surface area contributed by atoms with Gasteiger partial charge in [0.05, 0.1) is 6.42 Å². The van der Waals surface area contributed by atoms with Gasteiger partial charge in [-0.2, -0.15) is 0 Å². The first-order chi connectivity index (χ1) is 10.1. The van der Waals surface area contributed by atoms with Gasteiger partial charge in [0.2, 0.25) is 5.91 Å². The summed E-state index contributed by atoms with van der Waals surface area (Å²) in [5.74, 6) is 2.45. The zero-order valence-corrected chi connectivity index (χ0v) is 11.8. The van der Waals surface area contributed by atoms with Crippen LogP contribution < -0.4 is 5.32 Å². The van der Waals surface area contributed by atoms with Crippen molar-refractivity contribution in [2.75, 3.05) is 5.32 Å². The third-order valence-corrected chi connectivity index (χ3v) is 5.61. The first-order valence-electron chi connectivity index (χ1n) is 7.75. The summed E-state index contributed by atoms with van der Waals surface area (Å²) < 4.78 is 0. The molecule has 4 nitrogen and oxygen atoms in total. The molecule has 0 radical (unpaired) electrons. The van der Waals surface area contributed by atoms with Gasteiger partial charge in [-0.05, 0) is 60.6 Å². The molecule has 21 heavy (non-hydrogen) atoms. The first kappa shape index (κ1) is 12.9. The highest BCUT2D eigenvalue weighted by atomic mass is 16.4. The van der Waals surface area contributed by atoms with Crippen LogP contribution in [0.25, 0.3) is 0 Å². The summed E-state index contributed by atoms with van der Waals surface area (Å²) in [6, 6.07) is 7.12. The molecule has 110 valence electrons. The molecule has 0 spiro atoms. The molecule has 0 heterocycles. The van der Waals surface area contributed by atoms with Crippen LogP contribution in [-0.4, -0.2) is 17.0 Å².